The Kier molecular flexibility index (Phi) is 4.11. The quantitative estimate of drug-likeness (QED) is 0.342. The molecule has 2 saturated carbocycles. The lowest BCUT2D eigenvalue weighted by Gasteiger charge is -2.18. The zero-order valence-electron chi connectivity index (χ0n) is 17.4. The SMILES string of the molecule is Cc1ccc2c3c(cccc13)C(c1cc(C3CCCC3)cc(C3CCCC3)c1)=N2. The van der Waals surface area contributed by atoms with E-state index in [-0.39, 0.29) is 0 Å². The van der Waals surface area contributed by atoms with E-state index in [0.29, 0.717) is 0 Å². The molecule has 0 amide bonds. The zero-order chi connectivity index (χ0) is 19.4. The summed E-state index contributed by atoms with van der Waals surface area (Å²) in [5.74, 6) is 1.50. The van der Waals surface area contributed by atoms with Crippen molar-refractivity contribution in [3.8, 4) is 0 Å². The van der Waals surface area contributed by atoms with Crippen LogP contribution in [0.2, 0.25) is 0 Å². The standard InChI is InChI=1S/C28H29N/c1-18-13-14-26-27-24(18)11-6-12-25(27)28(29-26)23-16-21(19-7-2-3-8-19)15-22(17-23)20-9-4-5-10-20/h6,11-17,19-20H,2-5,7-10H2,1H3. The van der Waals surface area contributed by atoms with Crippen LogP contribution in [-0.4, -0.2) is 5.71 Å². The van der Waals surface area contributed by atoms with Crippen molar-refractivity contribution >= 4 is 22.2 Å². The molecule has 0 radical (unpaired) electrons. The van der Waals surface area contributed by atoms with Crippen LogP contribution in [0, 0.1) is 6.92 Å². The number of aliphatic imine (C=N–C) groups is 1. The normalized spacial score (nSPS) is 19.4. The van der Waals surface area contributed by atoms with Crippen molar-refractivity contribution in [1.82, 2.24) is 0 Å². The third-order valence-corrected chi connectivity index (χ3v) is 7.63. The minimum atomic E-state index is 0.748. The minimum absolute atomic E-state index is 0.748. The number of benzene rings is 3. The summed E-state index contributed by atoms with van der Waals surface area (Å²) in [4.78, 5) is 5.16. The van der Waals surface area contributed by atoms with Crippen LogP contribution in [0.5, 0.6) is 0 Å². The molecule has 3 aromatic carbocycles. The van der Waals surface area contributed by atoms with Gasteiger partial charge in [-0.05, 0) is 84.7 Å². The first-order chi connectivity index (χ1) is 14.3. The lowest BCUT2D eigenvalue weighted by molar-refractivity contribution is 0.700. The Morgan fingerprint density at radius 2 is 1.41 bits per heavy atom. The molecule has 1 heterocycles. The van der Waals surface area contributed by atoms with Gasteiger partial charge in [-0.1, -0.05) is 56.0 Å². The fourth-order valence-corrected chi connectivity index (χ4v) is 6.03. The number of hydrogen-bond acceptors (Lipinski definition) is 1. The summed E-state index contributed by atoms with van der Waals surface area (Å²) in [6, 6.07) is 18.6. The minimum Gasteiger partial charge on any atom is -0.247 e. The van der Waals surface area contributed by atoms with E-state index in [1.807, 2.05) is 0 Å². The predicted molar refractivity (Wildman–Crippen MR) is 123 cm³/mol. The number of aryl methyl sites for hydroxylation is 1. The second-order valence-electron chi connectivity index (χ2n) is 9.44. The average Bonchev–Trinajstić information content (AvgIpc) is 3.52. The van der Waals surface area contributed by atoms with Gasteiger partial charge in [0.25, 0.3) is 0 Å². The maximum absolute atomic E-state index is 5.16. The van der Waals surface area contributed by atoms with Crippen LogP contribution >= 0.6 is 0 Å². The molecular weight excluding hydrogens is 350 g/mol. The van der Waals surface area contributed by atoms with Crippen molar-refractivity contribution in [2.45, 2.75) is 70.1 Å². The van der Waals surface area contributed by atoms with Crippen LogP contribution in [0.25, 0.3) is 10.8 Å². The second kappa shape index (κ2) is 6.83. The fraction of sp³-hybridized carbons (Fsp3) is 0.393. The summed E-state index contributed by atoms with van der Waals surface area (Å²) in [6.45, 7) is 2.21. The zero-order valence-corrected chi connectivity index (χ0v) is 17.4. The predicted octanol–water partition coefficient (Wildman–Crippen LogP) is 7.95. The Morgan fingerprint density at radius 3 is 2.07 bits per heavy atom. The van der Waals surface area contributed by atoms with Gasteiger partial charge < -0.3 is 0 Å². The molecule has 1 heteroatoms. The molecule has 2 aliphatic carbocycles. The van der Waals surface area contributed by atoms with Crippen molar-refractivity contribution in [3.63, 3.8) is 0 Å². The van der Waals surface area contributed by atoms with Crippen LogP contribution in [0.4, 0.5) is 5.69 Å². The molecule has 0 unspecified atom stereocenters. The Hall–Kier alpha value is -2.41. The molecule has 0 aromatic heterocycles. The third-order valence-electron chi connectivity index (χ3n) is 7.63. The van der Waals surface area contributed by atoms with E-state index in [2.05, 4.69) is 55.5 Å². The molecule has 0 bridgehead atoms. The van der Waals surface area contributed by atoms with Gasteiger partial charge in [-0.2, -0.15) is 0 Å². The van der Waals surface area contributed by atoms with Gasteiger partial charge in [0.05, 0.1) is 11.4 Å². The Morgan fingerprint density at radius 1 is 0.759 bits per heavy atom. The molecule has 29 heavy (non-hydrogen) atoms. The first-order valence-corrected chi connectivity index (χ1v) is 11.5. The maximum atomic E-state index is 5.16. The van der Waals surface area contributed by atoms with Gasteiger partial charge in [0.1, 0.15) is 0 Å². The van der Waals surface area contributed by atoms with Gasteiger partial charge in [0.2, 0.25) is 0 Å². The largest absolute Gasteiger partial charge is 0.247 e. The second-order valence-corrected chi connectivity index (χ2v) is 9.44. The number of hydrogen-bond donors (Lipinski definition) is 0. The Bertz CT molecular complexity index is 1090. The van der Waals surface area contributed by atoms with Crippen molar-refractivity contribution in [2.24, 2.45) is 4.99 Å². The molecule has 1 nitrogen and oxygen atoms in total. The summed E-state index contributed by atoms with van der Waals surface area (Å²) >= 11 is 0. The summed E-state index contributed by atoms with van der Waals surface area (Å²) < 4.78 is 0. The van der Waals surface area contributed by atoms with Crippen molar-refractivity contribution in [3.05, 3.63) is 76.3 Å². The smallest absolute Gasteiger partial charge is 0.0789 e. The van der Waals surface area contributed by atoms with Gasteiger partial charge in [-0.25, -0.2) is 4.99 Å². The van der Waals surface area contributed by atoms with E-state index >= 15 is 0 Å². The first kappa shape index (κ1) is 17.4. The summed E-state index contributed by atoms with van der Waals surface area (Å²) in [5, 5.41) is 2.69. The van der Waals surface area contributed by atoms with Gasteiger partial charge in [-0.15, -0.1) is 0 Å². The van der Waals surface area contributed by atoms with E-state index in [1.54, 1.807) is 11.1 Å². The first-order valence-electron chi connectivity index (χ1n) is 11.5. The van der Waals surface area contributed by atoms with E-state index in [4.69, 9.17) is 4.99 Å². The topological polar surface area (TPSA) is 12.4 Å². The van der Waals surface area contributed by atoms with Crippen molar-refractivity contribution in [1.29, 1.82) is 0 Å². The molecular formula is C28H29N. The highest BCUT2D eigenvalue weighted by Gasteiger charge is 2.25. The lowest BCUT2D eigenvalue weighted by atomic mass is 9.86. The molecule has 1 aliphatic heterocycles. The highest BCUT2D eigenvalue weighted by molar-refractivity contribution is 6.26. The molecule has 0 atom stereocenters. The summed E-state index contributed by atoms with van der Waals surface area (Å²) in [7, 11) is 0. The van der Waals surface area contributed by atoms with E-state index in [0.717, 1.165) is 17.5 Å². The van der Waals surface area contributed by atoms with Gasteiger partial charge in [0.15, 0.2) is 0 Å². The lowest BCUT2D eigenvalue weighted by Crippen LogP contribution is -2.06. The number of rotatable bonds is 3. The van der Waals surface area contributed by atoms with Crippen molar-refractivity contribution in [2.75, 3.05) is 0 Å². The molecule has 146 valence electrons. The van der Waals surface area contributed by atoms with E-state index < -0.39 is 0 Å². The summed E-state index contributed by atoms with van der Waals surface area (Å²) in [6.07, 6.45) is 11.0. The van der Waals surface area contributed by atoms with E-state index in [9.17, 15) is 0 Å². The van der Waals surface area contributed by atoms with Crippen LogP contribution < -0.4 is 0 Å². The molecule has 2 fully saturated rings. The molecule has 0 saturated heterocycles. The number of nitrogens with zero attached hydrogens (tertiary/aromatic N) is 1. The van der Waals surface area contributed by atoms with Crippen LogP contribution in [0.15, 0.2) is 53.5 Å². The van der Waals surface area contributed by atoms with Crippen LogP contribution in [-0.2, 0) is 0 Å². The average molecular weight is 380 g/mol. The van der Waals surface area contributed by atoms with Gasteiger partial charge in [0, 0.05) is 16.5 Å². The molecule has 3 aliphatic rings. The van der Waals surface area contributed by atoms with Gasteiger partial charge >= 0.3 is 0 Å². The van der Waals surface area contributed by atoms with E-state index in [1.165, 1.54) is 84.5 Å². The molecule has 0 N–H and O–H groups in total. The highest BCUT2D eigenvalue weighted by Crippen LogP contribution is 2.42. The Labute approximate surface area is 173 Å². The third kappa shape index (κ3) is 2.86. The Balaban J connectivity index is 1.51. The van der Waals surface area contributed by atoms with Crippen molar-refractivity contribution < 1.29 is 0 Å². The molecule has 6 rings (SSSR count). The molecule has 0 spiro atoms. The fourth-order valence-electron chi connectivity index (χ4n) is 6.03. The monoisotopic (exact) mass is 379 g/mol. The van der Waals surface area contributed by atoms with Crippen LogP contribution in [0.1, 0.15) is 91.0 Å². The summed E-state index contributed by atoms with van der Waals surface area (Å²) in [5.41, 5.74) is 9.49. The highest BCUT2D eigenvalue weighted by atomic mass is 14.8. The van der Waals surface area contributed by atoms with Crippen LogP contribution in [0.3, 0.4) is 0 Å². The maximum Gasteiger partial charge on any atom is 0.0789 e. The molecule has 3 aromatic rings. The van der Waals surface area contributed by atoms with Gasteiger partial charge in [-0.3, -0.25) is 0 Å².